The third-order valence-electron chi connectivity index (χ3n) is 3.76. The molecule has 2 aromatic heterocycles. The first-order valence-electron chi connectivity index (χ1n) is 7.32. The minimum absolute atomic E-state index is 0.0295. The molecule has 6 nitrogen and oxygen atoms in total. The number of carbonyl (C=O) groups is 1. The average molecular weight is 363 g/mol. The number of anilines is 1. The Kier molecular flexibility index (Phi) is 4.15. The highest BCUT2D eigenvalue weighted by molar-refractivity contribution is 6.03. The highest BCUT2D eigenvalue weighted by Gasteiger charge is 2.33. The van der Waals surface area contributed by atoms with Crippen molar-refractivity contribution in [1.29, 1.82) is 0 Å². The Balaban J connectivity index is 2.51. The molecular weight excluding hydrogens is 351 g/mol. The molecule has 0 aliphatic carbocycles. The summed E-state index contributed by atoms with van der Waals surface area (Å²) in [7, 11) is 1.07. The minimum atomic E-state index is -4.71. The van der Waals surface area contributed by atoms with E-state index in [1.165, 1.54) is 12.1 Å². The average Bonchev–Trinajstić information content (AvgIpc) is 2.61. The summed E-state index contributed by atoms with van der Waals surface area (Å²) in [6.45, 7) is 0. The lowest BCUT2D eigenvalue weighted by Gasteiger charge is -2.15. The molecule has 3 aromatic rings. The molecule has 2 heterocycles. The van der Waals surface area contributed by atoms with Crippen LogP contribution in [0.15, 0.2) is 47.3 Å². The highest BCUT2D eigenvalue weighted by Crippen LogP contribution is 2.31. The monoisotopic (exact) mass is 363 g/mol. The van der Waals surface area contributed by atoms with Gasteiger partial charge in [-0.1, -0.05) is 18.2 Å². The zero-order valence-corrected chi connectivity index (χ0v) is 13.4. The van der Waals surface area contributed by atoms with Gasteiger partial charge in [0.15, 0.2) is 0 Å². The topological polar surface area (TPSA) is 87.2 Å². The predicted octanol–water partition coefficient (Wildman–Crippen LogP) is 2.77. The maximum Gasteiger partial charge on any atom is 0.433 e. The van der Waals surface area contributed by atoms with Crippen molar-refractivity contribution >= 4 is 22.7 Å². The van der Waals surface area contributed by atoms with E-state index in [1.54, 1.807) is 18.2 Å². The Bertz CT molecular complexity index is 1060. The van der Waals surface area contributed by atoms with Crippen LogP contribution in [0.4, 0.5) is 18.9 Å². The Labute approximate surface area is 144 Å². The Morgan fingerprint density at radius 3 is 2.38 bits per heavy atom. The first-order valence-corrected chi connectivity index (χ1v) is 7.32. The number of alkyl halides is 3. The van der Waals surface area contributed by atoms with Gasteiger partial charge in [0, 0.05) is 5.39 Å². The number of esters is 1. The number of hydrogen-bond donors (Lipinski definition) is 1. The number of methoxy groups -OCH3 is 1. The maximum atomic E-state index is 13.1. The number of nitrogen functional groups attached to an aromatic ring is 1. The molecule has 0 saturated carbocycles. The van der Waals surface area contributed by atoms with Crippen LogP contribution in [0.5, 0.6) is 0 Å². The second-order valence-electron chi connectivity index (χ2n) is 5.32. The number of hydrogen-bond acceptors (Lipinski definition) is 5. The van der Waals surface area contributed by atoms with E-state index in [-0.39, 0.29) is 22.4 Å². The molecule has 9 heteroatoms. The van der Waals surface area contributed by atoms with Crippen LogP contribution in [-0.2, 0) is 10.9 Å². The molecule has 0 aliphatic rings. The molecule has 0 fully saturated rings. The predicted molar refractivity (Wildman–Crippen MR) is 88.1 cm³/mol. The fourth-order valence-corrected chi connectivity index (χ4v) is 2.56. The molecule has 0 unspecified atom stereocenters. The zero-order chi connectivity index (χ0) is 19.1. The molecule has 0 aliphatic heterocycles. The lowest BCUT2D eigenvalue weighted by molar-refractivity contribution is -0.141. The van der Waals surface area contributed by atoms with Gasteiger partial charge in [0.25, 0.3) is 5.56 Å². The number of nitrogens with two attached hydrogens (primary N) is 1. The van der Waals surface area contributed by atoms with Gasteiger partial charge in [0.2, 0.25) is 0 Å². The number of fused-ring (bicyclic) bond motifs is 1. The minimum Gasteiger partial charge on any atom is -0.465 e. The van der Waals surface area contributed by atoms with Crippen molar-refractivity contribution in [2.24, 2.45) is 0 Å². The molecule has 0 spiro atoms. The van der Waals surface area contributed by atoms with Crippen LogP contribution in [0.1, 0.15) is 16.1 Å². The maximum absolute atomic E-state index is 13.1. The zero-order valence-electron chi connectivity index (χ0n) is 13.4. The SMILES string of the molecule is COC(=O)c1c(N)c2ccc(C(F)(F)F)nc2n(-c2ccccc2)c1=O. The summed E-state index contributed by atoms with van der Waals surface area (Å²) in [6, 6.07) is 9.67. The van der Waals surface area contributed by atoms with Crippen LogP contribution >= 0.6 is 0 Å². The number of pyridine rings is 2. The van der Waals surface area contributed by atoms with E-state index < -0.39 is 29.0 Å². The van der Waals surface area contributed by atoms with Gasteiger partial charge in [-0.25, -0.2) is 9.78 Å². The molecule has 0 atom stereocenters. The molecule has 1 aromatic carbocycles. The summed E-state index contributed by atoms with van der Waals surface area (Å²) >= 11 is 0. The standard InChI is InChI=1S/C17H12F3N3O3/c1-26-16(25)12-13(21)10-7-8-11(17(18,19)20)22-14(10)23(15(12)24)9-5-3-2-4-6-9/h2-8H,21H2,1H3. The van der Waals surface area contributed by atoms with Gasteiger partial charge in [-0.2, -0.15) is 13.2 Å². The van der Waals surface area contributed by atoms with Gasteiger partial charge in [-0.15, -0.1) is 0 Å². The van der Waals surface area contributed by atoms with Gasteiger partial charge in [-0.05, 0) is 24.3 Å². The molecule has 0 bridgehead atoms. The molecule has 2 N–H and O–H groups in total. The van der Waals surface area contributed by atoms with Crippen molar-refractivity contribution in [2.45, 2.75) is 6.18 Å². The van der Waals surface area contributed by atoms with E-state index in [1.807, 2.05) is 0 Å². The largest absolute Gasteiger partial charge is 0.465 e. The number of aromatic nitrogens is 2. The summed E-state index contributed by atoms with van der Waals surface area (Å²) in [6.07, 6.45) is -4.71. The van der Waals surface area contributed by atoms with E-state index in [9.17, 15) is 22.8 Å². The molecule has 134 valence electrons. The molecule has 3 rings (SSSR count). The van der Waals surface area contributed by atoms with Crippen molar-refractivity contribution in [3.8, 4) is 5.69 Å². The van der Waals surface area contributed by atoms with Gasteiger partial charge < -0.3 is 10.5 Å². The Morgan fingerprint density at radius 1 is 1.15 bits per heavy atom. The normalized spacial score (nSPS) is 11.5. The van der Waals surface area contributed by atoms with Crippen molar-refractivity contribution in [3.63, 3.8) is 0 Å². The fraction of sp³-hybridized carbons (Fsp3) is 0.118. The number of para-hydroxylation sites is 1. The van der Waals surface area contributed by atoms with Crippen LogP contribution in [0.25, 0.3) is 16.7 Å². The smallest absolute Gasteiger partial charge is 0.433 e. The van der Waals surface area contributed by atoms with Crippen LogP contribution in [-0.4, -0.2) is 22.6 Å². The van der Waals surface area contributed by atoms with Crippen molar-refractivity contribution in [1.82, 2.24) is 9.55 Å². The lowest BCUT2D eigenvalue weighted by Crippen LogP contribution is -2.29. The number of benzene rings is 1. The van der Waals surface area contributed by atoms with Crippen LogP contribution in [0.3, 0.4) is 0 Å². The summed E-state index contributed by atoms with van der Waals surface area (Å²) < 4.78 is 44.7. The first kappa shape index (κ1) is 17.5. The van der Waals surface area contributed by atoms with E-state index in [4.69, 9.17) is 5.73 Å². The van der Waals surface area contributed by atoms with E-state index in [2.05, 4.69) is 9.72 Å². The van der Waals surface area contributed by atoms with Gasteiger partial charge in [-0.3, -0.25) is 9.36 Å². The van der Waals surface area contributed by atoms with Crippen molar-refractivity contribution in [3.05, 3.63) is 64.1 Å². The Hall–Kier alpha value is -3.36. The molecule has 0 amide bonds. The van der Waals surface area contributed by atoms with Gasteiger partial charge >= 0.3 is 12.1 Å². The third kappa shape index (κ3) is 2.77. The number of nitrogens with zero attached hydrogens (tertiary/aromatic N) is 2. The number of halogens is 3. The summed E-state index contributed by atoms with van der Waals surface area (Å²) in [5.41, 5.74) is 2.95. The summed E-state index contributed by atoms with van der Waals surface area (Å²) in [4.78, 5) is 28.4. The van der Waals surface area contributed by atoms with Gasteiger partial charge in [0.05, 0.1) is 18.5 Å². The Morgan fingerprint density at radius 2 is 1.81 bits per heavy atom. The molecule has 0 radical (unpaired) electrons. The van der Waals surface area contributed by atoms with Crippen molar-refractivity contribution < 1.29 is 22.7 Å². The van der Waals surface area contributed by atoms with Crippen LogP contribution in [0.2, 0.25) is 0 Å². The number of ether oxygens (including phenoxy) is 1. The quantitative estimate of drug-likeness (QED) is 0.708. The molecular formula is C17H12F3N3O3. The van der Waals surface area contributed by atoms with E-state index >= 15 is 0 Å². The van der Waals surface area contributed by atoms with E-state index in [0.717, 1.165) is 23.8 Å². The van der Waals surface area contributed by atoms with Crippen molar-refractivity contribution in [2.75, 3.05) is 12.8 Å². The third-order valence-corrected chi connectivity index (χ3v) is 3.76. The first-order chi connectivity index (χ1) is 12.3. The number of rotatable bonds is 2. The van der Waals surface area contributed by atoms with Gasteiger partial charge in [0.1, 0.15) is 16.9 Å². The summed E-state index contributed by atoms with van der Waals surface area (Å²) in [5.74, 6) is -0.987. The van der Waals surface area contributed by atoms with E-state index in [0.29, 0.717) is 0 Å². The summed E-state index contributed by atoms with van der Waals surface area (Å²) in [5, 5.41) is 0.0295. The van der Waals surface area contributed by atoms with Crippen LogP contribution in [0, 0.1) is 0 Å². The lowest BCUT2D eigenvalue weighted by atomic mass is 10.1. The van der Waals surface area contributed by atoms with Crippen LogP contribution < -0.4 is 11.3 Å². The second kappa shape index (κ2) is 6.17. The highest BCUT2D eigenvalue weighted by atomic mass is 19.4. The fourth-order valence-electron chi connectivity index (χ4n) is 2.56. The number of carbonyl (C=O) groups excluding carboxylic acids is 1. The second-order valence-corrected chi connectivity index (χ2v) is 5.32. The molecule has 0 saturated heterocycles. The molecule has 26 heavy (non-hydrogen) atoms.